The smallest absolute Gasteiger partial charge is 0.399 e. The van der Waals surface area contributed by atoms with Gasteiger partial charge in [0.25, 0.3) is 6.43 Å². The van der Waals surface area contributed by atoms with Gasteiger partial charge in [0, 0.05) is 12.5 Å². The molecule has 7 heteroatoms. The summed E-state index contributed by atoms with van der Waals surface area (Å²) in [4.78, 5) is 0. The van der Waals surface area contributed by atoms with E-state index in [1.807, 2.05) is 27.7 Å². The first-order valence-corrected chi connectivity index (χ1v) is 6.24. The number of hydrogen-bond donors (Lipinski definition) is 0. The van der Waals surface area contributed by atoms with Gasteiger partial charge in [-0.25, -0.2) is 8.78 Å². The van der Waals surface area contributed by atoms with Crippen LogP contribution in [0.2, 0.25) is 0 Å². The van der Waals surface area contributed by atoms with Gasteiger partial charge < -0.3 is 9.31 Å². The minimum atomic E-state index is -2.61. The number of rotatable bonds is 2. The molecule has 0 N–H and O–H groups in total. The number of hydrogen-bond acceptors (Lipinski definition) is 3. The van der Waals surface area contributed by atoms with Crippen molar-refractivity contribution >= 4 is 12.6 Å². The third-order valence-corrected chi connectivity index (χ3v) is 4.01. The number of aromatic nitrogens is 2. The molecule has 1 aliphatic rings. The van der Waals surface area contributed by atoms with Gasteiger partial charge in [-0.15, -0.1) is 0 Å². The molecule has 1 fully saturated rings. The molecule has 106 valence electrons. The van der Waals surface area contributed by atoms with Crippen molar-refractivity contribution in [2.75, 3.05) is 0 Å². The van der Waals surface area contributed by atoms with Gasteiger partial charge in [-0.1, -0.05) is 0 Å². The van der Waals surface area contributed by atoms with Gasteiger partial charge in [0.1, 0.15) is 5.69 Å². The van der Waals surface area contributed by atoms with Crippen LogP contribution >= 0.6 is 0 Å². The standard InChI is InChI=1S/C12H19BF2N2O2/c1-7-8(9(10(14)15)17(6)16-7)13-18-11(2,3)12(4,5)19-13/h10H,1-6H3. The van der Waals surface area contributed by atoms with Gasteiger partial charge in [0.2, 0.25) is 0 Å². The normalized spacial score (nSPS) is 21.4. The van der Waals surface area contributed by atoms with E-state index >= 15 is 0 Å². The lowest BCUT2D eigenvalue weighted by molar-refractivity contribution is 0.00578. The molecule has 1 aliphatic heterocycles. The summed E-state index contributed by atoms with van der Waals surface area (Å²) in [5, 5.41) is 4.05. The third-order valence-electron chi connectivity index (χ3n) is 4.01. The quantitative estimate of drug-likeness (QED) is 0.772. The highest BCUT2D eigenvalue weighted by molar-refractivity contribution is 6.63. The SMILES string of the molecule is Cc1nn(C)c(C(F)F)c1B1OC(C)(C)C(C)(C)O1. The topological polar surface area (TPSA) is 36.3 Å². The highest BCUT2D eigenvalue weighted by Gasteiger charge is 2.53. The number of alkyl halides is 2. The zero-order valence-electron chi connectivity index (χ0n) is 12.1. The number of halogens is 2. The molecule has 0 radical (unpaired) electrons. The first-order valence-electron chi connectivity index (χ1n) is 6.24. The average Bonchev–Trinajstić information content (AvgIpc) is 2.61. The molecular formula is C12H19BF2N2O2. The lowest BCUT2D eigenvalue weighted by Gasteiger charge is -2.32. The van der Waals surface area contributed by atoms with E-state index in [0.717, 1.165) is 0 Å². The lowest BCUT2D eigenvalue weighted by atomic mass is 9.77. The molecule has 1 aromatic heterocycles. The van der Waals surface area contributed by atoms with Crippen LogP contribution in [-0.2, 0) is 16.4 Å². The third kappa shape index (κ3) is 2.19. The summed E-state index contributed by atoms with van der Waals surface area (Å²) < 4.78 is 39.2. The van der Waals surface area contributed by atoms with Crippen LogP contribution in [0, 0.1) is 6.92 Å². The molecule has 0 bridgehead atoms. The van der Waals surface area contributed by atoms with Crippen LogP contribution in [-0.4, -0.2) is 28.1 Å². The summed E-state index contributed by atoms with van der Waals surface area (Å²) >= 11 is 0. The van der Waals surface area contributed by atoms with E-state index in [1.54, 1.807) is 6.92 Å². The fourth-order valence-electron chi connectivity index (χ4n) is 2.20. The zero-order chi connectivity index (χ0) is 14.6. The van der Waals surface area contributed by atoms with Crippen molar-refractivity contribution in [1.29, 1.82) is 0 Å². The first kappa shape index (κ1) is 14.5. The Morgan fingerprint density at radius 2 is 1.63 bits per heavy atom. The maximum atomic E-state index is 13.2. The second-order valence-electron chi connectivity index (χ2n) is 5.90. The summed E-state index contributed by atoms with van der Waals surface area (Å²) in [6, 6.07) is 0. The van der Waals surface area contributed by atoms with E-state index < -0.39 is 24.7 Å². The fraction of sp³-hybridized carbons (Fsp3) is 0.750. The van der Waals surface area contributed by atoms with Crippen molar-refractivity contribution in [2.24, 2.45) is 7.05 Å². The predicted octanol–water partition coefficient (Wildman–Crippen LogP) is 1.97. The van der Waals surface area contributed by atoms with Crippen LogP contribution in [0.4, 0.5) is 8.78 Å². The van der Waals surface area contributed by atoms with Crippen LogP contribution in [0.3, 0.4) is 0 Å². The van der Waals surface area contributed by atoms with E-state index in [2.05, 4.69) is 5.10 Å². The molecule has 0 aliphatic carbocycles. The molecule has 1 aromatic rings. The van der Waals surface area contributed by atoms with Crippen molar-refractivity contribution in [3.63, 3.8) is 0 Å². The summed E-state index contributed by atoms with van der Waals surface area (Å²) in [7, 11) is 0.700. The monoisotopic (exact) mass is 272 g/mol. The highest BCUT2D eigenvalue weighted by Crippen LogP contribution is 2.37. The molecule has 1 saturated heterocycles. The summed E-state index contributed by atoms with van der Waals surface area (Å²) in [6.07, 6.45) is -2.61. The first-order chi connectivity index (χ1) is 8.57. The van der Waals surface area contributed by atoms with E-state index in [4.69, 9.17) is 9.31 Å². The Hall–Kier alpha value is -0.945. The predicted molar refractivity (Wildman–Crippen MR) is 68.6 cm³/mol. The highest BCUT2D eigenvalue weighted by atomic mass is 19.3. The van der Waals surface area contributed by atoms with Crippen LogP contribution in [0.15, 0.2) is 0 Å². The molecule has 0 spiro atoms. The largest absolute Gasteiger partial charge is 0.498 e. The fourth-order valence-corrected chi connectivity index (χ4v) is 2.20. The van der Waals surface area contributed by atoms with Gasteiger partial charge >= 0.3 is 7.12 Å². The Morgan fingerprint density at radius 1 is 1.16 bits per heavy atom. The molecule has 0 saturated carbocycles. The minimum Gasteiger partial charge on any atom is -0.399 e. The van der Waals surface area contributed by atoms with E-state index in [9.17, 15) is 8.78 Å². The Labute approximate surface area is 112 Å². The second kappa shape index (κ2) is 4.28. The van der Waals surface area contributed by atoms with Gasteiger partial charge in [0.05, 0.1) is 16.9 Å². The molecule has 0 aromatic carbocycles. The molecular weight excluding hydrogens is 253 g/mol. The summed E-state index contributed by atoms with van der Waals surface area (Å²) in [5.74, 6) is 0. The molecule has 4 nitrogen and oxygen atoms in total. The molecule has 2 heterocycles. The maximum Gasteiger partial charge on any atom is 0.498 e. The lowest BCUT2D eigenvalue weighted by Crippen LogP contribution is -2.41. The van der Waals surface area contributed by atoms with Crippen molar-refractivity contribution in [1.82, 2.24) is 9.78 Å². The van der Waals surface area contributed by atoms with Crippen LogP contribution in [0.25, 0.3) is 0 Å². The molecule has 0 amide bonds. The summed E-state index contributed by atoms with van der Waals surface area (Å²) in [5.41, 5.74) is -0.401. The molecule has 0 unspecified atom stereocenters. The van der Waals surface area contributed by atoms with Crippen LogP contribution < -0.4 is 5.46 Å². The van der Waals surface area contributed by atoms with Gasteiger partial charge in [-0.05, 0) is 34.6 Å². The number of aryl methyl sites for hydroxylation is 2. The van der Waals surface area contributed by atoms with Crippen molar-refractivity contribution in [3.05, 3.63) is 11.4 Å². The minimum absolute atomic E-state index is 0.143. The van der Waals surface area contributed by atoms with Crippen molar-refractivity contribution < 1.29 is 18.1 Å². The van der Waals surface area contributed by atoms with Crippen molar-refractivity contribution in [3.8, 4) is 0 Å². The van der Waals surface area contributed by atoms with Gasteiger partial charge in [-0.2, -0.15) is 5.10 Å². The maximum absolute atomic E-state index is 13.2. The van der Waals surface area contributed by atoms with Gasteiger partial charge in [0.15, 0.2) is 0 Å². The molecule has 19 heavy (non-hydrogen) atoms. The Balaban J connectivity index is 2.45. The van der Waals surface area contributed by atoms with Crippen molar-refractivity contribution in [2.45, 2.75) is 52.2 Å². The second-order valence-corrected chi connectivity index (χ2v) is 5.90. The van der Waals surface area contributed by atoms with E-state index in [0.29, 0.717) is 11.2 Å². The Morgan fingerprint density at radius 3 is 2.05 bits per heavy atom. The molecule has 2 rings (SSSR count). The molecule has 0 atom stereocenters. The Bertz CT molecular complexity index is 484. The van der Waals surface area contributed by atoms with Crippen LogP contribution in [0.1, 0.15) is 45.5 Å². The summed E-state index contributed by atoms with van der Waals surface area (Å²) in [6.45, 7) is 9.25. The van der Waals surface area contributed by atoms with Crippen LogP contribution in [0.5, 0.6) is 0 Å². The zero-order valence-corrected chi connectivity index (χ0v) is 12.1. The Kier molecular flexibility index (Phi) is 3.26. The van der Waals surface area contributed by atoms with E-state index in [-0.39, 0.29) is 5.69 Å². The average molecular weight is 272 g/mol. The van der Waals surface area contributed by atoms with E-state index in [1.165, 1.54) is 11.7 Å². The van der Waals surface area contributed by atoms with Gasteiger partial charge in [-0.3, -0.25) is 4.68 Å². The number of nitrogens with zero attached hydrogens (tertiary/aromatic N) is 2.